The smallest absolute Gasteiger partial charge is 0.426 e. The van der Waals surface area contributed by atoms with Crippen molar-refractivity contribution in [3.8, 4) is 0 Å². The summed E-state index contributed by atoms with van der Waals surface area (Å²) in [6, 6.07) is 0. The molecular weight excluding hydrogens is 376 g/mol. The third-order valence-corrected chi connectivity index (χ3v) is 4.98. The Labute approximate surface area is 156 Å². The Balaban J connectivity index is 2.73. The van der Waals surface area contributed by atoms with Crippen LogP contribution >= 0.6 is 0 Å². The highest BCUT2D eigenvalue weighted by Crippen LogP contribution is 2.36. The van der Waals surface area contributed by atoms with Gasteiger partial charge in [-0.05, 0) is 18.8 Å². The highest BCUT2D eigenvalue weighted by Gasteiger charge is 2.60. The fourth-order valence-electron chi connectivity index (χ4n) is 3.34. The molecule has 0 radical (unpaired) electrons. The van der Waals surface area contributed by atoms with E-state index in [1.54, 1.807) is 0 Å². The van der Waals surface area contributed by atoms with E-state index in [-0.39, 0.29) is 13.1 Å². The first kappa shape index (κ1) is 23.9. The molecule has 0 spiro atoms. The number of rotatable bonds is 2. The number of nitrogens with zero attached hydrogens (tertiary/aromatic N) is 1. The van der Waals surface area contributed by atoms with Gasteiger partial charge in [0.05, 0.1) is 0 Å². The molecule has 1 unspecified atom stereocenters. The fourth-order valence-corrected chi connectivity index (χ4v) is 3.34. The molecule has 1 atom stereocenters. The molecule has 3 nitrogen and oxygen atoms in total. The van der Waals surface area contributed by atoms with Crippen molar-refractivity contribution in [2.75, 3.05) is 13.1 Å². The predicted octanol–water partition coefficient (Wildman–Crippen LogP) is 6.47. The van der Waals surface area contributed by atoms with Gasteiger partial charge in [-0.15, -0.1) is 0 Å². The third-order valence-electron chi connectivity index (χ3n) is 4.98. The van der Waals surface area contributed by atoms with Crippen LogP contribution in [0.2, 0.25) is 0 Å². The van der Waals surface area contributed by atoms with Crippen LogP contribution in [0.1, 0.15) is 71.1 Å². The lowest BCUT2D eigenvalue weighted by atomic mass is 9.93. The lowest BCUT2D eigenvalue weighted by molar-refractivity contribution is -0.308. The zero-order chi connectivity index (χ0) is 20.5. The molecular formula is C18H29F6NO2. The average Bonchev–Trinajstić information content (AvgIpc) is 2.57. The lowest BCUT2D eigenvalue weighted by Crippen LogP contribution is -2.48. The second-order valence-corrected chi connectivity index (χ2v) is 7.16. The molecule has 0 aliphatic carbocycles. The number of halogens is 6. The summed E-state index contributed by atoms with van der Waals surface area (Å²) in [5.74, 6) is 0.575. The van der Waals surface area contributed by atoms with Crippen LogP contribution in [0.3, 0.4) is 0 Å². The van der Waals surface area contributed by atoms with Gasteiger partial charge < -0.3 is 9.64 Å². The van der Waals surface area contributed by atoms with Gasteiger partial charge in [-0.3, -0.25) is 0 Å². The van der Waals surface area contributed by atoms with Gasteiger partial charge in [0.2, 0.25) is 0 Å². The van der Waals surface area contributed by atoms with Gasteiger partial charge in [0, 0.05) is 13.1 Å². The number of amides is 1. The molecule has 27 heavy (non-hydrogen) atoms. The van der Waals surface area contributed by atoms with E-state index in [2.05, 4.69) is 11.7 Å². The van der Waals surface area contributed by atoms with Crippen molar-refractivity contribution in [1.82, 2.24) is 4.90 Å². The van der Waals surface area contributed by atoms with Crippen molar-refractivity contribution >= 4 is 6.09 Å². The minimum atomic E-state index is -5.69. The molecule has 0 bridgehead atoms. The topological polar surface area (TPSA) is 29.5 Å². The van der Waals surface area contributed by atoms with Gasteiger partial charge in [-0.2, -0.15) is 26.3 Å². The summed E-state index contributed by atoms with van der Waals surface area (Å²) in [7, 11) is 0. The van der Waals surface area contributed by atoms with Crippen LogP contribution in [0.4, 0.5) is 31.1 Å². The summed E-state index contributed by atoms with van der Waals surface area (Å²) >= 11 is 0. The highest BCUT2D eigenvalue weighted by molar-refractivity contribution is 5.68. The minimum Gasteiger partial charge on any atom is -0.426 e. The van der Waals surface area contributed by atoms with E-state index in [1.165, 1.54) is 0 Å². The molecule has 1 heterocycles. The molecule has 1 amide bonds. The molecule has 160 valence electrons. The van der Waals surface area contributed by atoms with Gasteiger partial charge >= 0.3 is 18.4 Å². The first-order chi connectivity index (χ1) is 12.6. The predicted molar refractivity (Wildman–Crippen MR) is 89.3 cm³/mol. The Bertz CT molecular complexity index is 425. The largest absolute Gasteiger partial charge is 0.434 e. The van der Waals surface area contributed by atoms with E-state index in [4.69, 9.17) is 0 Å². The average molecular weight is 405 g/mol. The van der Waals surface area contributed by atoms with E-state index in [0.29, 0.717) is 18.8 Å². The van der Waals surface area contributed by atoms with Gasteiger partial charge in [-0.1, -0.05) is 58.3 Å². The molecule has 1 aliphatic rings. The van der Waals surface area contributed by atoms with Crippen molar-refractivity contribution in [3.05, 3.63) is 0 Å². The zero-order valence-electron chi connectivity index (χ0n) is 15.7. The van der Waals surface area contributed by atoms with Crippen molar-refractivity contribution in [3.63, 3.8) is 0 Å². The number of hydrogen-bond donors (Lipinski definition) is 0. The number of carbonyl (C=O) groups excluding carboxylic acids is 1. The molecule has 1 fully saturated rings. The summed E-state index contributed by atoms with van der Waals surface area (Å²) in [4.78, 5) is 13.0. The molecule has 1 rings (SSSR count). The van der Waals surface area contributed by atoms with E-state index in [0.717, 1.165) is 56.3 Å². The fraction of sp³-hybridized carbons (Fsp3) is 0.944. The highest BCUT2D eigenvalue weighted by atomic mass is 19.4. The standard InChI is InChI=1S/C18H29F6NO2/c1-2-14-10-6-4-3-5-8-12-25(13-9-7-11-14)16(26)27-15(17(19,20)21)18(22,23)24/h14-15H,2-13H2,1H3. The second-order valence-electron chi connectivity index (χ2n) is 7.16. The van der Waals surface area contributed by atoms with Gasteiger partial charge in [-0.25, -0.2) is 4.79 Å². The van der Waals surface area contributed by atoms with Crippen molar-refractivity contribution in [2.45, 2.75) is 89.6 Å². The van der Waals surface area contributed by atoms with Crippen LogP contribution in [0, 0.1) is 5.92 Å². The first-order valence-corrected chi connectivity index (χ1v) is 9.64. The summed E-state index contributed by atoms with van der Waals surface area (Å²) in [5, 5.41) is 0. The maximum atomic E-state index is 12.6. The number of alkyl halides is 6. The van der Waals surface area contributed by atoms with Crippen LogP contribution in [0.15, 0.2) is 0 Å². The lowest BCUT2D eigenvalue weighted by Gasteiger charge is -2.27. The molecule has 0 N–H and O–H groups in total. The van der Waals surface area contributed by atoms with Gasteiger partial charge in [0.15, 0.2) is 0 Å². The molecule has 0 aromatic carbocycles. The summed E-state index contributed by atoms with van der Waals surface area (Å²) in [6.45, 7) is 2.33. The SMILES string of the molecule is CCC1CCCCCCCN(C(=O)OC(C(F)(F)F)C(F)(F)F)CCCC1. The van der Waals surface area contributed by atoms with Crippen LogP contribution in [-0.2, 0) is 4.74 Å². The maximum Gasteiger partial charge on any atom is 0.434 e. The van der Waals surface area contributed by atoms with E-state index < -0.39 is 24.5 Å². The Hall–Kier alpha value is -1.15. The molecule has 0 saturated carbocycles. The summed E-state index contributed by atoms with van der Waals surface area (Å²) < 4.78 is 79.6. The van der Waals surface area contributed by atoms with Crippen LogP contribution in [0.5, 0.6) is 0 Å². The van der Waals surface area contributed by atoms with Crippen molar-refractivity contribution in [1.29, 1.82) is 0 Å². The first-order valence-electron chi connectivity index (χ1n) is 9.64. The quantitative estimate of drug-likeness (QED) is 0.493. The number of carbonyl (C=O) groups is 1. The molecule has 0 aromatic rings. The van der Waals surface area contributed by atoms with Crippen LogP contribution in [-0.4, -0.2) is 42.5 Å². The Morgan fingerprint density at radius 3 is 1.85 bits per heavy atom. The number of ether oxygens (including phenoxy) is 1. The van der Waals surface area contributed by atoms with Crippen molar-refractivity contribution in [2.24, 2.45) is 5.92 Å². The van der Waals surface area contributed by atoms with E-state index in [1.807, 2.05) is 0 Å². The second kappa shape index (κ2) is 11.0. The Kier molecular flexibility index (Phi) is 9.73. The summed E-state index contributed by atoms with van der Waals surface area (Å²) in [6.07, 6.45) is -8.13. The Morgan fingerprint density at radius 1 is 0.889 bits per heavy atom. The molecule has 1 aliphatic heterocycles. The minimum absolute atomic E-state index is 0.109. The molecule has 1 saturated heterocycles. The van der Waals surface area contributed by atoms with Gasteiger partial charge in [0.25, 0.3) is 6.10 Å². The van der Waals surface area contributed by atoms with E-state index in [9.17, 15) is 31.1 Å². The van der Waals surface area contributed by atoms with E-state index >= 15 is 0 Å². The zero-order valence-corrected chi connectivity index (χ0v) is 15.7. The molecule has 9 heteroatoms. The Morgan fingerprint density at radius 2 is 1.33 bits per heavy atom. The molecule has 0 aromatic heterocycles. The monoisotopic (exact) mass is 405 g/mol. The third kappa shape index (κ3) is 9.06. The van der Waals surface area contributed by atoms with Crippen LogP contribution < -0.4 is 0 Å². The van der Waals surface area contributed by atoms with Crippen molar-refractivity contribution < 1.29 is 35.9 Å². The normalized spacial score (nSPS) is 21.9. The maximum absolute atomic E-state index is 12.6. The summed E-state index contributed by atoms with van der Waals surface area (Å²) in [5.41, 5.74) is 0. The van der Waals surface area contributed by atoms with Crippen LogP contribution in [0.25, 0.3) is 0 Å². The van der Waals surface area contributed by atoms with Gasteiger partial charge in [0.1, 0.15) is 0 Å². The number of hydrogen-bond acceptors (Lipinski definition) is 2.